The summed E-state index contributed by atoms with van der Waals surface area (Å²) in [5.74, 6) is 1.01. The van der Waals surface area contributed by atoms with Crippen molar-refractivity contribution >= 4 is 15.9 Å². The third-order valence-electron chi connectivity index (χ3n) is 3.40. The van der Waals surface area contributed by atoms with Crippen LogP contribution in [0.4, 0.5) is 0 Å². The van der Waals surface area contributed by atoms with Gasteiger partial charge >= 0.3 is 0 Å². The van der Waals surface area contributed by atoms with Gasteiger partial charge in [0.25, 0.3) is 0 Å². The second-order valence-electron chi connectivity index (χ2n) is 5.08. The van der Waals surface area contributed by atoms with Gasteiger partial charge in [-0.25, -0.2) is 8.42 Å². The van der Waals surface area contributed by atoms with E-state index in [9.17, 15) is 13.7 Å². The zero-order chi connectivity index (χ0) is 17.7. The second kappa shape index (κ2) is 7.20. The van der Waals surface area contributed by atoms with Crippen LogP contribution in [0.25, 0.3) is 6.08 Å². The molecule has 0 N–H and O–H groups in total. The third-order valence-corrected chi connectivity index (χ3v) is 5.08. The lowest BCUT2D eigenvalue weighted by molar-refractivity contribution is 0.394. The van der Waals surface area contributed by atoms with Crippen LogP contribution in [0.3, 0.4) is 0 Å². The summed E-state index contributed by atoms with van der Waals surface area (Å²) in [5, 5.41) is 9.33. The number of nitrogens with zero attached hydrogens (tertiary/aromatic N) is 1. The minimum atomic E-state index is -3.89. The molecule has 0 aromatic heterocycles. The van der Waals surface area contributed by atoms with Gasteiger partial charge in [-0.3, -0.25) is 0 Å². The van der Waals surface area contributed by atoms with Gasteiger partial charge in [0.05, 0.1) is 19.1 Å². The summed E-state index contributed by atoms with van der Waals surface area (Å²) in [5.41, 5.74) is 1.44. The summed E-state index contributed by atoms with van der Waals surface area (Å²) in [6, 6.07) is 13.1. The summed E-state index contributed by atoms with van der Waals surface area (Å²) in [6.45, 7) is 1.86. The molecule has 0 aliphatic carbocycles. The first kappa shape index (κ1) is 17.6. The van der Waals surface area contributed by atoms with Crippen LogP contribution >= 0.6 is 0 Å². The Morgan fingerprint density at radius 3 is 2.04 bits per heavy atom. The first-order valence-electron chi connectivity index (χ1n) is 7.07. The number of sulfone groups is 1. The van der Waals surface area contributed by atoms with E-state index in [4.69, 9.17) is 9.47 Å². The molecule has 0 amide bonds. The third kappa shape index (κ3) is 3.76. The van der Waals surface area contributed by atoms with E-state index in [0.29, 0.717) is 17.1 Å². The number of ether oxygens (including phenoxy) is 2. The molecule has 6 heteroatoms. The zero-order valence-electron chi connectivity index (χ0n) is 13.6. The van der Waals surface area contributed by atoms with Crippen molar-refractivity contribution < 1.29 is 17.9 Å². The average Bonchev–Trinajstić information content (AvgIpc) is 2.59. The molecule has 0 saturated carbocycles. The van der Waals surface area contributed by atoms with Gasteiger partial charge in [-0.05, 0) is 42.8 Å². The van der Waals surface area contributed by atoms with Crippen LogP contribution in [0.5, 0.6) is 11.5 Å². The molecule has 0 atom stereocenters. The lowest BCUT2D eigenvalue weighted by Crippen LogP contribution is -2.03. The van der Waals surface area contributed by atoms with Crippen molar-refractivity contribution in [1.82, 2.24) is 0 Å². The molecule has 0 radical (unpaired) electrons. The molecule has 0 aliphatic rings. The van der Waals surface area contributed by atoms with Gasteiger partial charge in [0.2, 0.25) is 9.84 Å². The molecule has 0 heterocycles. The fourth-order valence-electron chi connectivity index (χ4n) is 2.08. The van der Waals surface area contributed by atoms with Gasteiger partial charge in [0.1, 0.15) is 22.5 Å². The molecule has 0 unspecified atom stereocenters. The average molecular weight is 343 g/mol. The molecule has 124 valence electrons. The highest BCUT2D eigenvalue weighted by Crippen LogP contribution is 2.26. The molecular formula is C18H17NO4S. The van der Waals surface area contributed by atoms with Gasteiger partial charge in [0, 0.05) is 6.07 Å². The summed E-state index contributed by atoms with van der Waals surface area (Å²) in [4.78, 5) is -0.266. The molecule has 0 fully saturated rings. The molecule has 0 spiro atoms. The standard InChI is InChI=1S/C18H17NO4S/c1-13-4-6-17(7-5-13)24(20,21)18(12-19)10-14-8-15(22-2)11-16(9-14)23-3/h4-11H,1-3H3/b18-10+. The van der Waals surface area contributed by atoms with Crippen LogP contribution in [0.1, 0.15) is 11.1 Å². The van der Waals surface area contributed by atoms with Crippen LogP contribution in [-0.2, 0) is 9.84 Å². The first-order valence-corrected chi connectivity index (χ1v) is 8.55. The quantitative estimate of drug-likeness (QED) is 0.778. The van der Waals surface area contributed by atoms with Crippen molar-refractivity contribution in [3.8, 4) is 17.6 Å². The Morgan fingerprint density at radius 2 is 1.58 bits per heavy atom. The molecule has 24 heavy (non-hydrogen) atoms. The summed E-state index contributed by atoms with van der Waals surface area (Å²) >= 11 is 0. The van der Waals surface area contributed by atoms with Gasteiger partial charge < -0.3 is 9.47 Å². The monoisotopic (exact) mass is 343 g/mol. The minimum absolute atomic E-state index is 0.0794. The van der Waals surface area contributed by atoms with E-state index < -0.39 is 9.84 Å². The molecule has 0 bridgehead atoms. The number of rotatable bonds is 5. The largest absolute Gasteiger partial charge is 0.497 e. The summed E-state index contributed by atoms with van der Waals surface area (Å²) in [6.07, 6.45) is 1.31. The second-order valence-corrected chi connectivity index (χ2v) is 7.00. The van der Waals surface area contributed by atoms with Crippen LogP contribution < -0.4 is 9.47 Å². The van der Waals surface area contributed by atoms with Crippen molar-refractivity contribution in [3.63, 3.8) is 0 Å². The van der Waals surface area contributed by atoms with Crippen molar-refractivity contribution in [3.05, 3.63) is 58.5 Å². The van der Waals surface area contributed by atoms with Crippen molar-refractivity contribution in [2.45, 2.75) is 11.8 Å². The number of hydrogen-bond donors (Lipinski definition) is 0. The maximum atomic E-state index is 12.6. The lowest BCUT2D eigenvalue weighted by Gasteiger charge is -2.07. The van der Waals surface area contributed by atoms with E-state index in [1.54, 1.807) is 36.4 Å². The van der Waals surface area contributed by atoms with E-state index >= 15 is 0 Å². The fraction of sp³-hybridized carbons (Fsp3) is 0.167. The Hall–Kier alpha value is -2.78. The highest BCUT2D eigenvalue weighted by atomic mass is 32.2. The van der Waals surface area contributed by atoms with Crippen LogP contribution in [-0.4, -0.2) is 22.6 Å². The first-order chi connectivity index (χ1) is 11.4. The van der Waals surface area contributed by atoms with E-state index in [1.807, 2.05) is 6.92 Å². The van der Waals surface area contributed by atoms with E-state index in [1.165, 1.54) is 32.4 Å². The van der Waals surface area contributed by atoms with Gasteiger partial charge in [-0.15, -0.1) is 0 Å². The Bertz CT molecular complexity index is 885. The number of nitriles is 1. The molecule has 0 aliphatic heterocycles. The predicted octanol–water partition coefficient (Wildman–Crippen LogP) is 3.35. The van der Waals surface area contributed by atoms with Crippen LogP contribution in [0.15, 0.2) is 52.3 Å². The molecule has 5 nitrogen and oxygen atoms in total. The molecule has 2 rings (SSSR count). The lowest BCUT2D eigenvalue weighted by atomic mass is 10.2. The fourth-order valence-corrected chi connectivity index (χ4v) is 3.24. The SMILES string of the molecule is COc1cc(/C=C(\C#N)S(=O)(=O)c2ccc(C)cc2)cc(OC)c1. The smallest absolute Gasteiger partial charge is 0.216 e. The van der Waals surface area contributed by atoms with E-state index in [2.05, 4.69) is 0 Å². The molecular weight excluding hydrogens is 326 g/mol. The van der Waals surface area contributed by atoms with Crippen LogP contribution in [0.2, 0.25) is 0 Å². The Balaban J connectivity index is 2.53. The Kier molecular flexibility index (Phi) is 5.27. The number of benzene rings is 2. The normalized spacial score (nSPS) is 11.7. The number of aryl methyl sites for hydroxylation is 1. The molecule has 0 saturated heterocycles. The highest BCUT2D eigenvalue weighted by Gasteiger charge is 2.20. The van der Waals surface area contributed by atoms with Crippen LogP contribution in [0, 0.1) is 18.3 Å². The molecule has 2 aromatic carbocycles. The molecule has 2 aromatic rings. The van der Waals surface area contributed by atoms with E-state index in [-0.39, 0.29) is 9.80 Å². The van der Waals surface area contributed by atoms with Gasteiger partial charge in [0.15, 0.2) is 0 Å². The Morgan fingerprint density at radius 1 is 1.04 bits per heavy atom. The predicted molar refractivity (Wildman–Crippen MR) is 91.5 cm³/mol. The van der Waals surface area contributed by atoms with Gasteiger partial charge in [-0.1, -0.05) is 17.7 Å². The Labute approximate surface area is 141 Å². The van der Waals surface area contributed by atoms with Gasteiger partial charge in [-0.2, -0.15) is 5.26 Å². The van der Waals surface area contributed by atoms with E-state index in [0.717, 1.165) is 5.56 Å². The van der Waals surface area contributed by atoms with Crippen molar-refractivity contribution in [1.29, 1.82) is 5.26 Å². The number of hydrogen-bond acceptors (Lipinski definition) is 5. The van der Waals surface area contributed by atoms with Crippen molar-refractivity contribution in [2.75, 3.05) is 14.2 Å². The summed E-state index contributed by atoms with van der Waals surface area (Å²) < 4.78 is 35.6. The van der Waals surface area contributed by atoms with Crippen molar-refractivity contribution in [2.24, 2.45) is 0 Å². The minimum Gasteiger partial charge on any atom is -0.497 e. The topological polar surface area (TPSA) is 76.4 Å². The maximum absolute atomic E-state index is 12.6. The number of allylic oxidation sites excluding steroid dienone is 1. The highest BCUT2D eigenvalue weighted by molar-refractivity contribution is 7.95. The number of methoxy groups -OCH3 is 2. The zero-order valence-corrected chi connectivity index (χ0v) is 14.4. The maximum Gasteiger partial charge on any atom is 0.216 e. The summed E-state index contributed by atoms with van der Waals surface area (Å²) in [7, 11) is -0.894.